The molecule has 1 saturated carbocycles. The van der Waals surface area contributed by atoms with Crippen molar-refractivity contribution in [3.05, 3.63) is 119 Å². The molecule has 6 bridgehead atoms. The molecule has 5 aliphatic rings. The molecule has 0 aromatic heterocycles. The second-order valence-electron chi connectivity index (χ2n) is 14.9. The number of para-hydroxylation sites is 4. The van der Waals surface area contributed by atoms with Crippen LogP contribution in [0.25, 0.3) is 0 Å². The average molecular weight is 774 g/mol. The molecule has 1 fully saturated rings. The molecule has 5 heteroatoms. The van der Waals surface area contributed by atoms with Crippen LogP contribution in [0, 0.1) is 0 Å². The summed E-state index contributed by atoms with van der Waals surface area (Å²) < 4.78 is 3.05. The Morgan fingerprint density at radius 2 is 0.911 bits per heavy atom. The molecule has 2 unspecified atom stereocenters. The summed E-state index contributed by atoms with van der Waals surface area (Å²) in [5.74, 6) is 0. The van der Waals surface area contributed by atoms with Crippen LogP contribution < -0.4 is 19.6 Å². The van der Waals surface area contributed by atoms with Gasteiger partial charge in [-0.15, -0.1) is 0 Å². The maximum absolute atomic E-state index is 2.82. The van der Waals surface area contributed by atoms with Crippen LogP contribution in [-0.4, -0.2) is 20.4 Å². The summed E-state index contributed by atoms with van der Waals surface area (Å²) in [6, 6.07) is 38.4. The van der Waals surface area contributed by atoms with Crippen molar-refractivity contribution in [3.8, 4) is 0 Å². The standard InChI is InChI=1S/C40H42N4.Pt/c1-38(2)28-14-11-16-30(24-28)39(3,4)43-26-41(34-18-7-9-20-36(34)43)32-22-13-23-33(32)42-27-44(37-21-10-8-19-35(37)42)40(5,6)31-17-12-15-29(38)25-31;/h7-12,14-21,24-25,32-33H,13,22-23H2,1-6H3;. The zero-order valence-corrected chi connectivity index (χ0v) is 29.4. The van der Waals surface area contributed by atoms with Crippen molar-refractivity contribution >= 4 is 31.0 Å². The summed E-state index contributed by atoms with van der Waals surface area (Å²) >= 11 is -0.610. The number of fused-ring (bicyclic) bond motifs is 13. The van der Waals surface area contributed by atoms with Crippen LogP contribution in [0.4, 0.5) is 22.7 Å². The van der Waals surface area contributed by atoms with Crippen LogP contribution >= 0.6 is 0 Å². The molecular weight excluding hydrogens is 732 g/mol. The van der Waals surface area contributed by atoms with Gasteiger partial charge in [0.1, 0.15) is 0 Å². The third-order valence-electron chi connectivity index (χ3n) is 11.4. The zero-order chi connectivity index (χ0) is 30.9. The van der Waals surface area contributed by atoms with Crippen molar-refractivity contribution in [3.63, 3.8) is 0 Å². The molecule has 0 N–H and O–H groups in total. The van der Waals surface area contributed by atoms with Gasteiger partial charge in [0.15, 0.2) is 0 Å². The summed E-state index contributed by atoms with van der Waals surface area (Å²) in [4.78, 5) is 11.2. The number of hydrogen-bond donors (Lipinski definition) is 0. The van der Waals surface area contributed by atoms with Crippen LogP contribution in [0.15, 0.2) is 97.1 Å². The Morgan fingerprint density at radius 1 is 0.511 bits per heavy atom. The molecule has 0 amide bonds. The number of rotatable bonds is 0. The van der Waals surface area contributed by atoms with E-state index >= 15 is 0 Å². The first kappa shape index (κ1) is 27.8. The molecule has 0 saturated heterocycles. The van der Waals surface area contributed by atoms with Crippen LogP contribution in [0.1, 0.15) is 83.1 Å². The average Bonchev–Trinajstić information content (AvgIpc) is 3.71. The zero-order valence-electron chi connectivity index (χ0n) is 27.1. The molecule has 1 aliphatic carbocycles. The summed E-state index contributed by atoms with van der Waals surface area (Å²) in [6.07, 6.45) is 3.71. The first-order valence-electron chi connectivity index (χ1n) is 16.5. The number of nitrogens with zero attached hydrogens (tertiary/aromatic N) is 4. The van der Waals surface area contributed by atoms with E-state index in [1.165, 1.54) is 72.6 Å². The van der Waals surface area contributed by atoms with Crippen LogP contribution in [0.2, 0.25) is 0 Å². The Labute approximate surface area is 275 Å². The quantitative estimate of drug-likeness (QED) is 0.178. The third-order valence-corrected chi connectivity index (χ3v) is 14.5. The van der Waals surface area contributed by atoms with Gasteiger partial charge in [-0.3, -0.25) is 0 Å². The minimum atomic E-state index is -0.610. The molecule has 0 radical (unpaired) electrons. The third kappa shape index (κ3) is 3.64. The number of hydrogen-bond acceptors (Lipinski definition) is 4. The van der Waals surface area contributed by atoms with E-state index in [4.69, 9.17) is 0 Å². The van der Waals surface area contributed by atoms with Gasteiger partial charge < -0.3 is 0 Å². The molecule has 4 heterocycles. The molecule has 232 valence electrons. The van der Waals surface area contributed by atoms with E-state index in [0.717, 1.165) is 0 Å². The first-order valence-corrected chi connectivity index (χ1v) is 18.8. The molecule has 4 aliphatic heterocycles. The van der Waals surface area contributed by atoms with Gasteiger partial charge in [-0.2, -0.15) is 0 Å². The Bertz CT molecular complexity index is 1830. The van der Waals surface area contributed by atoms with E-state index in [0.29, 0.717) is 12.1 Å². The van der Waals surface area contributed by atoms with Gasteiger partial charge in [-0.05, 0) is 0 Å². The van der Waals surface area contributed by atoms with Gasteiger partial charge in [-0.25, -0.2) is 0 Å². The summed E-state index contributed by atoms with van der Waals surface area (Å²) in [7, 11) is 0. The van der Waals surface area contributed by atoms with Crippen molar-refractivity contribution in [1.82, 2.24) is 0 Å². The van der Waals surface area contributed by atoms with Crippen molar-refractivity contribution in [2.24, 2.45) is 0 Å². The van der Waals surface area contributed by atoms with Gasteiger partial charge in [0.25, 0.3) is 0 Å². The molecule has 0 spiro atoms. The van der Waals surface area contributed by atoms with Crippen LogP contribution in [0.3, 0.4) is 0 Å². The SMILES string of the molecule is CC1(C)c2cccc(c2)C(C)(C)N2[C]3=[Pt]=[C]4N(c5ccccc5N4C(C)(C)c4cccc1c4)C1CCCC1N3c1ccccc12. The first-order chi connectivity index (χ1) is 21.6. The Hall–Kier alpha value is -3.49. The molecule has 2 atom stereocenters. The van der Waals surface area contributed by atoms with Crippen molar-refractivity contribution < 1.29 is 17.6 Å². The topological polar surface area (TPSA) is 13.0 Å². The van der Waals surface area contributed by atoms with E-state index in [2.05, 4.69) is 158 Å². The van der Waals surface area contributed by atoms with E-state index in [9.17, 15) is 0 Å². The normalized spacial score (nSPS) is 24.8. The Balaban J connectivity index is 1.44. The Morgan fingerprint density at radius 3 is 1.36 bits per heavy atom. The summed E-state index contributed by atoms with van der Waals surface area (Å²) in [6.45, 7) is 14.6. The van der Waals surface area contributed by atoms with E-state index in [1.807, 2.05) is 0 Å². The fourth-order valence-electron chi connectivity index (χ4n) is 8.67. The van der Waals surface area contributed by atoms with E-state index < -0.39 is 17.6 Å². The number of benzene rings is 4. The van der Waals surface area contributed by atoms with Crippen LogP contribution in [-0.2, 0) is 34.1 Å². The van der Waals surface area contributed by atoms with Gasteiger partial charge in [0, 0.05) is 0 Å². The minimum absolute atomic E-state index is 0.150. The predicted molar refractivity (Wildman–Crippen MR) is 185 cm³/mol. The molecule has 45 heavy (non-hydrogen) atoms. The summed E-state index contributed by atoms with van der Waals surface area (Å²) in [5.41, 5.74) is 10.4. The molecule has 4 aromatic carbocycles. The molecule has 4 aromatic rings. The fraction of sp³-hybridized carbons (Fsp3) is 0.350. The van der Waals surface area contributed by atoms with Gasteiger partial charge in [0.2, 0.25) is 0 Å². The monoisotopic (exact) mass is 773 g/mol. The van der Waals surface area contributed by atoms with Crippen molar-refractivity contribution in [2.75, 3.05) is 19.6 Å². The van der Waals surface area contributed by atoms with Crippen molar-refractivity contribution in [2.45, 2.75) is 89.4 Å². The molecule has 9 rings (SSSR count). The number of anilines is 4. The predicted octanol–water partition coefficient (Wildman–Crippen LogP) is 8.34. The van der Waals surface area contributed by atoms with Gasteiger partial charge in [0.05, 0.1) is 0 Å². The molecule has 4 nitrogen and oxygen atoms in total. The molecular formula is C40H42N4Pt. The maximum atomic E-state index is 2.82. The van der Waals surface area contributed by atoms with Gasteiger partial charge >= 0.3 is 277 Å². The Kier molecular flexibility index (Phi) is 5.74. The van der Waals surface area contributed by atoms with E-state index in [-0.39, 0.29) is 16.5 Å². The van der Waals surface area contributed by atoms with Crippen molar-refractivity contribution in [1.29, 1.82) is 0 Å². The second-order valence-corrected chi connectivity index (χ2v) is 17.5. The van der Waals surface area contributed by atoms with Crippen LogP contribution in [0.5, 0.6) is 0 Å². The van der Waals surface area contributed by atoms with E-state index in [1.54, 1.807) is 0 Å². The fourth-order valence-corrected chi connectivity index (χ4v) is 13.3. The summed E-state index contributed by atoms with van der Waals surface area (Å²) in [5, 5.41) is 0. The second kappa shape index (κ2) is 9.29. The van der Waals surface area contributed by atoms with Gasteiger partial charge in [-0.1, -0.05) is 0 Å².